The Morgan fingerprint density at radius 3 is 2.44 bits per heavy atom. The molecule has 0 unspecified atom stereocenters. The van der Waals surface area contributed by atoms with Gasteiger partial charge in [0.2, 0.25) is 17.7 Å². The fourth-order valence-electron chi connectivity index (χ4n) is 4.55. The monoisotopic (exact) mass is 487 g/mol. The molecular formula is C26H25N5O5. The molecule has 4 heterocycles. The number of hydrogen-bond acceptors (Lipinski definition) is 8. The average Bonchev–Trinajstić information content (AvgIpc) is 3.55. The van der Waals surface area contributed by atoms with E-state index in [1.807, 2.05) is 30.3 Å². The highest BCUT2D eigenvalue weighted by Gasteiger charge is 2.31. The Bertz CT molecular complexity index is 1460. The molecule has 0 aliphatic carbocycles. The fourth-order valence-corrected chi connectivity index (χ4v) is 4.55. The van der Waals surface area contributed by atoms with E-state index in [1.54, 1.807) is 11.8 Å². The molecule has 0 radical (unpaired) electrons. The van der Waals surface area contributed by atoms with Gasteiger partial charge in [0, 0.05) is 31.8 Å². The van der Waals surface area contributed by atoms with Crippen LogP contribution in [0.1, 0.15) is 40.5 Å². The Kier molecular flexibility index (Phi) is 6.24. The number of nitrogens with one attached hydrogen (secondary N) is 1. The number of methoxy groups -OCH3 is 2. The molecule has 1 aliphatic rings. The maximum absolute atomic E-state index is 13.3. The molecular weight excluding hydrogens is 462 g/mol. The number of nitrogens with zero attached hydrogens (tertiary/aromatic N) is 4. The normalized spacial score (nSPS) is 13.6. The third-order valence-corrected chi connectivity index (χ3v) is 6.30. The standard InChI is InChI=1S/C26H25N5O5/c1-15-29-30-24(36-15)20(16-7-5-4-6-8-16)17-9-11-31(12-10-17)26(33)23(32)18-13-27-22-21(18)19(34-2)14-28-25(22)35-3/h4-8,13-14,27H,9-12H2,1-3H3. The molecule has 0 spiro atoms. The summed E-state index contributed by atoms with van der Waals surface area (Å²) in [6.45, 7) is 2.55. The predicted octanol–water partition coefficient (Wildman–Crippen LogP) is 3.58. The molecule has 5 rings (SSSR count). The van der Waals surface area contributed by atoms with Gasteiger partial charge >= 0.3 is 0 Å². The number of carbonyl (C=O) groups is 2. The summed E-state index contributed by atoms with van der Waals surface area (Å²) in [4.78, 5) is 35.3. The van der Waals surface area contributed by atoms with E-state index in [9.17, 15) is 9.59 Å². The van der Waals surface area contributed by atoms with Crippen molar-refractivity contribution < 1.29 is 23.5 Å². The first kappa shape index (κ1) is 23.3. The first-order valence-corrected chi connectivity index (χ1v) is 11.5. The topological polar surface area (TPSA) is 123 Å². The van der Waals surface area contributed by atoms with E-state index >= 15 is 0 Å². The highest BCUT2D eigenvalue weighted by atomic mass is 16.5. The largest absolute Gasteiger partial charge is 0.494 e. The molecule has 4 aromatic rings. The van der Waals surface area contributed by atoms with Crippen LogP contribution in [0.5, 0.6) is 11.6 Å². The predicted molar refractivity (Wildman–Crippen MR) is 131 cm³/mol. The number of piperidine rings is 1. The van der Waals surface area contributed by atoms with E-state index in [-0.39, 0.29) is 5.56 Å². The summed E-state index contributed by atoms with van der Waals surface area (Å²) < 4.78 is 16.4. The van der Waals surface area contributed by atoms with Gasteiger partial charge in [-0.05, 0) is 18.4 Å². The van der Waals surface area contributed by atoms with Crippen molar-refractivity contribution in [2.75, 3.05) is 27.3 Å². The van der Waals surface area contributed by atoms with Gasteiger partial charge in [-0.25, -0.2) is 4.98 Å². The Hall–Kier alpha value is -4.47. The molecule has 184 valence electrons. The van der Waals surface area contributed by atoms with Crippen molar-refractivity contribution in [2.24, 2.45) is 0 Å². The first-order valence-electron chi connectivity index (χ1n) is 11.5. The van der Waals surface area contributed by atoms with Crippen molar-refractivity contribution in [3.8, 4) is 11.6 Å². The van der Waals surface area contributed by atoms with Gasteiger partial charge in [-0.3, -0.25) is 9.59 Å². The number of ketones is 1. The van der Waals surface area contributed by atoms with Crippen LogP contribution < -0.4 is 9.47 Å². The number of likely N-dealkylation sites (tertiary alicyclic amines) is 1. The van der Waals surface area contributed by atoms with Gasteiger partial charge in [0.05, 0.1) is 31.4 Å². The van der Waals surface area contributed by atoms with Crippen LogP contribution in [0, 0.1) is 6.92 Å². The van der Waals surface area contributed by atoms with Crippen molar-refractivity contribution in [3.63, 3.8) is 0 Å². The maximum Gasteiger partial charge on any atom is 0.295 e. The Morgan fingerprint density at radius 2 is 1.81 bits per heavy atom. The number of Topliss-reactive ketones (excluding diaryl/α,β-unsaturated/α-hetero) is 1. The molecule has 1 aliphatic heterocycles. The van der Waals surface area contributed by atoms with E-state index in [0.29, 0.717) is 60.2 Å². The molecule has 1 fully saturated rings. The van der Waals surface area contributed by atoms with E-state index in [2.05, 4.69) is 20.2 Å². The highest BCUT2D eigenvalue weighted by Crippen LogP contribution is 2.35. The molecule has 1 aromatic carbocycles. The molecule has 1 N–H and O–H groups in total. The van der Waals surface area contributed by atoms with Crippen LogP contribution in [0.4, 0.5) is 0 Å². The lowest BCUT2D eigenvalue weighted by atomic mass is 9.92. The SMILES string of the molecule is COc1ncc(OC)c2c(C(=O)C(=O)N3CCC(=C(c4ccccc4)c4nnc(C)o4)CC3)c[nH]c12. The number of hydrogen-bond donors (Lipinski definition) is 1. The van der Waals surface area contributed by atoms with Crippen molar-refractivity contribution in [3.05, 3.63) is 71.2 Å². The van der Waals surface area contributed by atoms with E-state index in [4.69, 9.17) is 13.9 Å². The Labute approximate surface area is 206 Å². The number of aromatic nitrogens is 4. The minimum absolute atomic E-state index is 0.222. The third-order valence-electron chi connectivity index (χ3n) is 6.30. The zero-order valence-corrected chi connectivity index (χ0v) is 20.2. The van der Waals surface area contributed by atoms with Crippen LogP contribution in [0.25, 0.3) is 16.5 Å². The Balaban J connectivity index is 1.41. The summed E-state index contributed by atoms with van der Waals surface area (Å²) in [5.41, 5.74) is 3.68. The molecule has 36 heavy (non-hydrogen) atoms. The van der Waals surface area contributed by atoms with Crippen LogP contribution >= 0.6 is 0 Å². The molecule has 1 amide bonds. The van der Waals surface area contributed by atoms with Gasteiger partial charge in [-0.2, -0.15) is 0 Å². The molecule has 0 bridgehead atoms. The van der Waals surface area contributed by atoms with Crippen LogP contribution in [0.2, 0.25) is 0 Å². The lowest BCUT2D eigenvalue weighted by Crippen LogP contribution is -2.40. The summed E-state index contributed by atoms with van der Waals surface area (Å²) in [6, 6.07) is 9.85. The number of carbonyl (C=O) groups excluding carboxylic acids is 2. The number of aryl methyl sites for hydroxylation is 1. The number of amides is 1. The number of H-pyrrole nitrogens is 1. The summed E-state index contributed by atoms with van der Waals surface area (Å²) >= 11 is 0. The minimum atomic E-state index is -0.615. The van der Waals surface area contributed by atoms with Gasteiger partial charge < -0.3 is 23.8 Å². The second kappa shape index (κ2) is 9.65. The quantitative estimate of drug-likeness (QED) is 0.323. The van der Waals surface area contributed by atoms with Crippen LogP contribution in [-0.2, 0) is 4.79 Å². The molecule has 3 aromatic heterocycles. The summed E-state index contributed by atoms with van der Waals surface area (Å²) in [5, 5.41) is 8.69. The molecule has 0 atom stereocenters. The number of aromatic amines is 1. The van der Waals surface area contributed by atoms with Gasteiger partial charge in [0.1, 0.15) is 11.3 Å². The molecule has 10 nitrogen and oxygen atoms in total. The number of pyridine rings is 1. The summed E-state index contributed by atoms with van der Waals surface area (Å²) in [5.74, 6) is 0.458. The molecule has 0 saturated carbocycles. The van der Waals surface area contributed by atoms with Crippen LogP contribution in [0.3, 0.4) is 0 Å². The summed E-state index contributed by atoms with van der Waals surface area (Å²) in [7, 11) is 2.97. The second-order valence-corrected chi connectivity index (χ2v) is 8.38. The van der Waals surface area contributed by atoms with Crippen molar-refractivity contribution in [2.45, 2.75) is 19.8 Å². The number of ether oxygens (including phenoxy) is 2. The zero-order valence-electron chi connectivity index (χ0n) is 20.2. The third kappa shape index (κ3) is 4.10. The zero-order chi connectivity index (χ0) is 25.2. The molecule has 1 saturated heterocycles. The van der Waals surface area contributed by atoms with E-state index in [0.717, 1.165) is 16.7 Å². The molecule has 10 heteroatoms. The van der Waals surface area contributed by atoms with Gasteiger partial charge in [0.25, 0.3) is 11.7 Å². The van der Waals surface area contributed by atoms with Crippen molar-refractivity contribution >= 4 is 28.2 Å². The number of fused-ring (bicyclic) bond motifs is 1. The van der Waals surface area contributed by atoms with Gasteiger partial charge in [-0.15, -0.1) is 10.2 Å². The fraction of sp³-hybridized carbons (Fsp3) is 0.269. The average molecular weight is 488 g/mol. The van der Waals surface area contributed by atoms with Gasteiger partial charge in [0.15, 0.2) is 0 Å². The lowest BCUT2D eigenvalue weighted by Gasteiger charge is -2.29. The number of rotatable bonds is 6. The van der Waals surface area contributed by atoms with Crippen LogP contribution in [0.15, 0.2) is 52.7 Å². The Morgan fingerprint density at radius 1 is 1.06 bits per heavy atom. The smallest absolute Gasteiger partial charge is 0.295 e. The minimum Gasteiger partial charge on any atom is -0.494 e. The van der Waals surface area contributed by atoms with E-state index in [1.165, 1.54) is 26.6 Å². The maximum atomic E-state index is 13.3. The van der Waals surface area contributed by atoms with Crippen LogP contribution in [-0.4, -0.2) is 64.1 Å². The number of benzene rings is 1. The lowest BCUT2D eigenvalue weighted by molar-refractivity contribution is -0.126. The van der Waals surface area contributed by atoms with Crippen molar-refractivity contribution in [1.29, 1.82) is 0 Å². The first-order chi connectivity index (χ1) is 17.5. The highest BCUT2D eigenvalue weighted by molar-refractivity contribution is 6.45. The summed E-state index contributed by atoms with van der Waals surface area (Å²) in [6.07, 6.45) is 4.14. The van der Waals surface area contributed by atoms with Gasteiger partial charge in [-0.1, -0.05) is 35.9 Å². The van der Waals surface area contributed by atoms with Crippen molar-refractivity contribution in [1.82, 2.24) is 25.1 Å². The van der Waals surface area contributed by atoms with E-state index < -0.39 is 11.7 Å². The second-order valence-electron chi connectivity index (χ2n) is 8.38.